The normalized spacial score (nSPS) is 23.6. The molecule has 1 fully saturated rings. The molecule has 0 aromatic carbocycles. The summed E-state index contributed by atoms with van der Waals surface area (Å²) in [5.74, 6) is 0. The fourth-order valence-corrected chi connectivity index (χ4v) is 1.45. The highest BCUT2D eigenvalue weighted by Gasteiger charge is 2.09. The summed E-state index contributed by atoms with van der Waals surface area (Å²) in [6.45, 7) is 8.26. The first-order chi connectivity index (χ1) is 5.38. The minimum atomic E-state index is 1.30. The Morgan fingerprint density at radius 3 is 1.55 bits per heavy atom. The Bertz CT molecular complexity index is 131. The molecule has 11 heavy (non-hydrogen) atoms. The highest BCUT2D eigenvalue weighted by molar-refractivity contribution is 5.33. The summed E-state index contributed by atoms with van der Waals surface area (Å²) >= 11 is 0. The number of hydrogen-bond donors (Lipinski definition) is 0. The van der Waals surface area contributed by atoms with Crippen molar-refractivity contribution >= 4 is 0 Å². The zero-order valence-electron chi connectivity index (χ0n) is 8.28. The highest BCUT2D eigenvalue weighted by atomic mass is 14.1. The van der Waals surface area contributed by atoms with Gasteiger partial charge in [0.05, 0.1) is 0 Å². The Balaban J connectivity index is 0.000000461. The molecule has 0 heterocycles. The molecule has 64 valence electrons. The predicted molar refractivity (Wildman–Crippen MR) is 52.7 cm³/mol. The SMILES string of the molecule is C/C=C1/CCC/C1=C/C.CC. The molecular formula is C11H20. The number of rotatable bonds is 0. The fourth-order valence-electron chi connectivity index (χ4n) is 1.45. The van der Waals surface area contributed by atoms with Gasteiger partial charge >= 0.3 is 0 Å². The van der Waals surface area contributed by atoms with Crippen molar-refractivity contribution in [2.45, 2.75) is 47.0 Å². The zero-order chi connectivity index (χ0) is 8.69. The van der Waals surface area contributed by atoms with Crippen molar-refractivity contribution in [3.8, 4) is 0 Å². The van der Waals surface area contributed by atoms with Gasteiger partial charge in [0.25, 0.3) is 0 Å². The monoisotopic (exact) mass is 152 g/mol. The van der Waals surface area contributed by atoms with Crippen molar-refractivity contribution in [2.75, 3.05) is 0 Å². The van der Waals surface area contributed by atoms with Crippen LogP contribution in [0.5, 0.6) is 0 Å². The second-order valence-electron chi connectivity index (χ2n) is 2.48. The molecule has 0 unspecified atom stereocenters. The lowest BCUT2D eigenvalue weighted by Crippen LogP contribution is -1.74. The van der Waals surface area contributed by atoms with Gasteiger partial charge in [-0.05, 0) is 44.3 Å². The Labute approximate surface area is 71.0 Å². The molecule has 0 aliphatic heterocycles. The molecule has 1 saturated carbocycles. The van der Waals surface area contributed by atoms with E-state index in [0.717, 1.165) is 0 Å². The first-order valence-electron chi connectivity index (χ1n) is 4.69. The average molecular weight is 152 g/mol. The van der Waals surface area contributed by atoms with E-state index >= 15 is 0 Å². The smallest absolute Gasteiger partial charge is 0.0276 e. The maximum atomic E-state index is 2.24. The van der Waals surface area contributed by atoms with Gasteiger partial charge in [-0.3, -0.25) is 0 Å². The van der Waals surface area contributed by atoms with Crippen molar-refractivity contribution in [3.63, 3.8) is 0 Å². The van der Waals surface area contributed by atoms with E-state index in [0.29, 0.717) is 0 Å². The third kappa shape index (κ3) is 2.92. The van der Waals surface area contributed by atoms with Crippen LogP contribution in [-0.2, 0) is 0 Å². The van der Waals surface area contributed by atoms with Gasteiger partial charge in [0, 0.05) is 0 Å². The third-order valence-electron chi connectivity index (χ3n) is 2.00. The molecule has 1 aliphatic rings. The van der Waals surface area contributed by atoms with E-state index in [1.165, 1.54) is 19.3 Å². The molecule has 0 bridgehead atoms. The van der Waals surface area contributed by atoms with Crippen LogP contribution in [0.4, 0.5) is 0 Å². The van der Waals surface area contributed by atoms with Crippen molar-refractivity contribution in [1.29, 1.82) is 0 Å². The molecule has 0 spiro atoms. The molecule has 0 aromatic heterocycles. The Morgan fingerprint density at radius 1 is 0.909 bits per heavy atom. The van der Waals surface area contributed by atoms with Gasteiger partial charge < -0.3 is 0 Å². The van der Waals surface area contributed by atoms with Crippen LogP contribution in [0, 0.1) is 0 Å². The van der Waals surface area contributed by atoms with Crippen LogP contribution in [0.1, 0.15) is 47.0 Å². The predicted octanol–water partition coefficient (Wildman–Crippen LogP) is 4.09. The van der Waals surface area contributed by atoms with E-state index in [2.05, 4.69) is 26.0 Å². The Kier molecular flexibility index (Phi) is 5.91. The van der Waals surface area contributed by atoms with Gasteiger partial charge in [-0.2, -0.15) is 0 Å². The highest BCUT2D eigenvalue weighted by Crippen LogP contribution is 2.29. The first kappa shape index (κ1) is 10.5. The van der Waals surface area contributed by atoms with Crippen LogP contribution in [0.25, 0.3) is 0 Å². The Hall–Kier alpha value is -0.520. The first-order valence-corrected chi connectivity index (χ1v) is 4.69. The molecule has 0 amide bonds. The largest absolute Gasteiger partial charge is 0.0842 e. The number of allylic oxidation sites excluding steroid dienone is 4. The van der Waals surface area contributed by atoms with Crippen LogP contribution >= 0.6 is 0 Å². The van der Waals surface area contributed by atoms with Crippen LogP contribution in [0.2, 0.25) is 0 Å². The van der Waals surface area contributed by atoms with Crippen LogP contribution in [-0.4, -0.2) is 0 Å². The van der Waals surface area contributed by atoms with Crippen LogP contribution < -0.4 is 0 Å². The van der Waals surface area contributed by atoms with Crippen molar-refractivity contribution in [1.82, 2.24) is 0 Å². The molecule has 0 aromatic rings. The summed E-state index contributed by atoms with van der Waals surface area (Å²) in [7, 11) is 0. The molecule has 0 nitrogen and oxygen atoms in total. The Morgan fingerprint density at radius 2 is 1.27 bits per heavy atom. The molecule has 0 saturated heterocycles. The summed E-state index contributed by atoms with van der Waals surface area (Å²) in [6, 6.07) is 0. The molecule has 0 N–H and O–H groups in total. The topological polar surface area (TPSA) is 0 Å². The fraction of sp³-hybridized carbons (Fsp3) is 0.636. The zero-order valence-corrected chi connectivity index (χ0v) is 8.28. The van der Waals surface area contributed by atoms with Gasteiger partial charge in [-0.15, -0.1) is 0 Å². The van der Waals surface area contributed by atoms with Gasteiger partial charge in [-0.25, -0.2) is 0 Å². The van der Waals surface area contributed by atoms with E-state index in [4.69, 9.17) is 0 Å². The third-order valence-corrected chi connectivity index (χ3v) is 2.00. The van der Waals surface area contributed by atoms with Gasteiger partial charge in [0.2, 0.25) is 0 Å². The molecule has 0 radical (unpaired) electrons. The van der Waals surface area contributed by atoms with E-state index in [9.17, 15) is 0 Å². The van der Waals surface area contributed by atoms with Crippen LogP contribution in [0.3, 0.4) is 0 Å². The lowest BCUT2D eigenvalue weighted by Gasteiger charge is -1.94. The van der Waals surface area contributed by atoms with Crippen molar-refractivity contribution in [2.24, 2.45) is 0 Å². The van der Waals surface area contributed by atoms with E-state index in [1.54, 1.807) is 11.1 Å². The van der Waals surface area contributed by atoms with E-state index < -0.39 is 0 Å². The lowest BCUT2D eigenvalue weighted by molar-refractivity contribution is 0.931. The summed E-state index contributed by atoms with van der Waals surface area (Å²) in [5, 5.41) is 0. The maximum absolute atomic E-state index is 2.24. The van der Waals surface area contributed by atoms with E-state index in [-0.39, 0.29) is 0 Å². The molecule has 0 heteroatoms. The van der Waals surface area contributed by atoms with Crippen LogP contribution in [0.15, 0.2) is 23.3 Å². The lowest BCUT2D eigenvalue weighted by atomic mass is 10.1. The van der Waals surface area contributed by atoms with Gasteiger partial charge in [0.15, 0.2) is 0 Å². The minimum absolute atomic E-state index is 1.30. The summed E-state index contributed by atoms with van der Waals surface area (Å²) < 4.78 is 0. The second kappa shape index (κ2) is 6.21. The summed E-state index contributed by atoms with van der Waals surface area (Å²) in [6.07, 6.45) is 8.44. The quantitative estimate of drug-likeness (QED) is 0.490. The molecule has 1 aliphatic carbocycles. The summed E-state index contributed by atoms with van der Waals surface area (Å²) in [5.41, 5.74) is 3.13. The summed E-state index contributed by atoms with van der Waals surface area (Å²) in [4.78, 5) is 0. The average Bonchev–Trinajstić information content (AvgIpc) is 2.54. The van der Waals surface area contributed by atoms with E-state index in [1.807, 2.05) is 13.8 Å². The van der Waals surface area contributed by atoms with Crippen molar-refractivity contribution in [3.05, 3.63) is 23.3 Å². The molecule has 0 atom stereocenters. The molecular weight excluding hydrogens is 132 g/mol. The minimum Gasteiger partial charge on any atom is -0.0842 e. The molecule has 1 rings (SSSR count). The maximum Gasteiger partial charge on any atom is -0.0276 e. The van der Waals surface area contributed by atoms with Gasteiger partial charge in [-0.1, -0.05) is 26.0 Å². The van der Waals surface area contributed by atoms with Gasteiger partial charge in [0.1, 0.15) is 0 Å². The standard InChI is InChI=1S/C9H14.C2H6/c1-3-8-6-5-7-9(8)4-2;1-2/h3-4H,5-7H2,1-2H3;1-2H3/b8-3-,9-4-;. The van der Waals surface area contributed by atoms with Crippen molar-refractivity contribution < 1.29 is 0 Å². The second-order valence-corrected chi connectivity index (χ2v) is 2.48. The number of hydrogen-bond acceptors (Lipinski definition) is 0.